The van der Waals surface area contributed by atoms with E-state index in [4.69, 9.17) is 0 Å². The van der Waals surface area contributed by atoms with Crippen LogP contribution in [0.15, 0.2) is 14.1 Å². The Kier molecular flexibility index (Phi) is 5.64. The number of halogens is 1. The van der Waals surface area contributed by atoms with Crippen molar-refractivity contribution in [1.29, 1.82) is 0 Å². The first kappa shape index (κ1) is 16.4. The van der Waals surface area contributed by atoms with Crippen molar-refractivity contribution in [1.82, 2.24) is 9.62 Å². The molecule has 0 unspecified atom stereocenters. The van der Waals surface area contributed by atoms with E-state index in [1.807, 2.05) is 6.92 Å². The lowest BCUT2D eigenvalue weighted by molar-refractivity contribution is 0.194. The van der Waals surface area contributed by atoms with Gasteiger partial charge in [0.05, 0.1) is 3.79 Å². The molecule has 1 aliphatic heterocycles. The Labute approximate surface area is 133 Å². The van der Waals surface area contributed by atoms with Crippen LogP contribution in [0.25, 0.3) is 0 Å². The fourth-order valence-corrected chi connectivity index (χ4v) is 5.76. The van der Waals surface area contributed by atoms with Crippen molar-refractivity contribution < 1.29 is 8.42 Å². The highest BCUT2D eigenvalue weighted by atomic mass is 79.9. The molecule has 0 saturated carbocycles. The molecule has 0 amide bonds. The third-order valence-electron chi connectivity index (χ3n) is 3.82. The highest BCUT2D eigenvalue weighted by Gasteiger charge is 2.22. The van der Waals surface area contributed by atoms with Crippen LogP contribution in [0.5, 0.6) is 0 Å². The molecule has 0 aromatic carbocycles. The summed E-state index contributed by atoms with van der Waals surface area (Å²) in [7, 11) is -3.36. The number of aryl methyl sites for hydroxylation is 1. The molecular weight excluding hydrogens is 360 g/mol. The van der Waals surface area contributed by atoms with Gasteiger partial charge in [-0.3, -0.25) is 0 Å². The maximum absolute atomic E-state index is 12.2. The van der Waals surface area contributed by atoms with Gasteiger partial charge >= 0.3 is 0 Å². The van der Waals surface area contributed by atoms with E-state index in [1.165, 1.54) is 11.3 Å². The van der Waals surface area contributed by atoms with Gasteiger partial charge in [0.25, 0.3) is 0 Å². The first-order valence-corrected chi connectivity index (χ1v) is 9.99. The molecule has 1 aliphatic rings. The van der Waals surface area contributed by atoms with Gasteiger partial charge in [-0.15, -0.1) is 11.3 Å². The van der Waals surface area contributed by atoms with Gasteiger partial charge in [0, 0.05) is 6.54 Å². The molecule has 0 aliphatic carbocycles. The Morgan fingerprint density at radius 3 is 2.60 bits per heavy atom. The number of hydrogen-bond acceptors (Lipinski definition) is 4. The summed E-state index contributed by atoms with van der Waals surface area (Å²) in [4.78, 5) is 2.41. The van der Waals surface area contributed by atoms with Crippen LogP contribution in [0.4, 0.5) is 0 Å². The van der Waals surface area contributed by atoms with E-state index in [1.54, 1.807) is 6.07 Å². The highest BCUT2D eigenvalue weighted by molar-refractivity contribution is 9.11. The SMILES string of the molecule is CCN1CCC(CNS(=O)(=O)c2cc(C)c(Br)s2)CC1. The number of hydrogen-bond donors (Lipinski definition) is 1. The van der Waals surface area contributed by atoms with Crippen LogP contribution in [-0.2, 0) is 10.0 Å². The summed E-state index contributed by atoms with van der Waals surface area (Å²) in [6.07, 6.45) is 2.15. The van der Waals surface area contributed by atoms with Gasteiger partial charge in [-0.25, -0.2) is 13.1 Å². The largest absolute Gasteiger partial charge is 0.304 e. The van der Waals surface area contributed by atoms with E-state index in [0.717, 1.165) is 41.8 Å². The van der Waals surface area contributed by atoms with Crippen molar-refractivity contribution in [2.75, 3.05) is 26.2 Å². The second kappa shape index (κ2) is 6.87. The molecule has 1 aromatic heterocycles. The van der Waals surface area contributed by atoms with E-state index in [2.05, 4.69) is 32.5 Å². The summed E-state index contributed by atoms with van der Waals surface area (Å²) in [5.41, 5.74) is 0.964. The molecule has 1 fully saturated rings. The lowest BCUT2D eigenvalue weighted by Gasteiger charge is -2.30. The Balaban J connectivity index is 1.90. The molecule has 20 heavy (non-hydrogen) atoms. The lowest BCUT2D eigenvalue weighted by atomic mass is 9.97. The fraction of sp³-hybridized carbons (Fsp3) is 0.692. The van der Waals surface area contributed by atoms with Gasteiger partial charge in [0.2, 0.25) is 10.0 Å². The Morgan fingerprint density at radius 1 is 1.45 bits per heavy atom. The molecular formula is C13H21BrN2O2S2. The molecule has 0 atom stereocenters. The van der Waals surface area contributed by atoms with E-state index in [0.29, 0.717) is 16.7 Å². The lowest BCUT2D eigenvalue weighted by Crippen LogP contribution is -2.38. The molecule has 1 aromatic rings. The van der Waals surface area contributed by atoms with Crippen molar-refractivity contribution >= 4 is 37.3 Å². The Bertz CT molecular complexity index is 529. The first-order valence-electron chi connectivity index (χ1n) is 6.90. The van der Waals surface area contributed by atoms with E-state index in [9.17, 15) is 8.42 Å². The summed E-state index contributed by atoms with van der Waals surface area (Å²) in [5.74, 6) is 0.456. The molecule has 2 heterocycles. The number of nitrogens with zero attached hydrogens (tertiary/aromatic N) is 1. The molecule has 1 N–H and O–H groups in total. The first-order chi connectivity index (χ1) is 9.42. The maximum atomic E-state index is 12.2. The van der Waals surface area contributed by atoms with Gasteiger partial charge < -0.3 is 4.90 Å². The van der Waals surface area contributed by atoms with Crippen LogP contribution in [-0.4, -0.2) is 39.5 Å². The topological polar surface area (TPSA) is 49.4 Å². The predicted molar refractivity (Wildman–Crippen MR) is 86.8 cm³/mol. The molecule has 1 saturated heterocycles. The van der Waals surface area contributed by atoms with Crippen LogP contribution >= 0.6 is 27.3 Å². The molecule has 0 spiro atoms. The highest BCUT2D eigenvalue weighted by Crippen LogP contribution is 2.30. The average molecular weight is 381 g/mol. The second-order valence-electron chi connectivity index (χ2n) is 5.25. The smallest absolute Gasteiger partial charge is 0.250 e. The third kappa shape index (κ3) is 4.04. The van der Waals surface area contributed by atoms with Crippen LogP contribution in [0, 0.1) is 12.8 Å². The summed E-state index contributed by atoms with van der Waals surface area (Å²) >= 11 is 4.64. The molecule has 7 heteroatoms. The van der Waals surface area contributed by atoms with Crippen molar-refractivity contribution in [2.24, 2.45) is 5.92 Å². The number of nitrogens with one attached hydrogen (secondary N) is 1. The molecule has 114 valence electrons. The van der Waals surface area contributed by atoms with Gasteiger partial charge in [0.1, 0.15) is 4.21 Å². The van der Waals surface area contributed by atoms with Crippen molar-refractivity contribution in [3.63, 3.8) is 0 Å². The number of sulfonamides is 1. The fourth-order valence-electron chi connectivity index (χ4n) is 2.37. The van der Waals surface area contributed by atoms with Crippen molar-refractivity contribution in [3.8, 4) is 0 Å². The Hall–Kier alpha value is 0.0500. The van der Waals surface area contributed by atoms with Crippen LogP contribution < -0.4 is 4.72 Å². The number of likely N-dealkylation sites (tertiary alicyclic amines) is 1. The Morgan fingerprint density at radius 2 is 2.10 bits per heavy atom. The molecule has 0 radical (unpaired) electrons. The summed E-state index contributed by atoms with van der Waals surface area (Å²) in [5, 5.41) is 0. The predicted octanol–water partition coefficient (Wildman–Crippen LogP) is 2.83. The van der Waals surface area contributed by atoms with Crippen molar-refractivity contribution in [3.05, 3.63) is 15.4 Å². The maximum Gasteiger partial charge on any atom is 0.250 e. The zero-order valence-corrected chi connectivity index (χ0v) is 15.1. The minimum Gasteiger partial charge on any atom is -0.304 e. The average Bonchev–Trinajstić information content (AvgIpc) is 2.78. The number of thiophene rings is 1. The molecule has 0 bridgehead atoms. The van der Waals surface area contributed by atoms with Crippen LogP contribution in [0.2, 0.25) is 0 Å². The third-order valence-corrected chi connectivity index (χ3v) is 7.85. The van der Waals surface area contributed by atoms with Gasteiger partial charge in [-0.05, 0) is 72.9 Å². The molecule has 2 rings (SSSR count). The minimum atomic E-state index is -3.36. The number of rotatable bonds is 5. The zero-order valence-electron chi connectivity index (χ0n) is 11.9. The quantitative estimate of drug-likeness (QED) is 0.853. The monoisotopic (exact) mass is 380 g/mol. The van der Waals surface area contributed by atoms with Crippen LogP contribution in [0.1, 0.15) is 25.3 Å². The summed E-state index contributed by atoms with van der Waals surface area (Å²) < 4.78 is 28.5. The van der Waals surface area contributed by atoms with Crippen LogP contribution in [0.3, 0.4) is 0 Å². The summed E-state index contributed by atoms with van der Waals surface area (Å²) in [6, 6.07) is 1.72. The van der Waals surface area contributed by atoms with E-state index < -0.39 is 10.0 Å². The van der Waals surface area contributed by atoms with E-state index in [-0.39, 0.29) is 0 Å². The zero-order chi connectivity index (χ0) is 14.8. The minimum absolute atomic E-state index is 0.396. The van der Waals surface area contributed by atoms with Gasteiger partial charge in [0.15, 0.2) is 0 Å². The molecule has 4 nitrogen and oxygen atoms in total. The standard InChI is InChI=1S/C13H21BrN2O2S2/c1-3-16-6-4-11(5-7-16)9-15-20(17,18)12-8-10(2)13(14)19-12/h8,11,15H,3-7,9H2,1-2H3. The van der Waals surface area contributed by atoms with Gasteiger partial charge in [-0.2, -0.15) is 0 Å². The number of piperidine rings is 1. The normalized spacial score (nSPS) is 18.6. The van der Waals surface area contributed by atoms with Crippen molar-refractivity contribution in [2.45, 2.75) is 30.9 Å². The summed E-state index contributed by atoms with van der Waals surface area (Å²) in [6.45, 7) is 7.86. The second-order valence-corrected chi connectivity index (χ2v) is 9.62. The van der Waals surface area contributed by atoms with Gasteiger partial charge in [-0.1, -0.05) is 6.92 Å². The van der Waals surface area contributed by atoms with E-state index >= 15 is 0 Å².